The van der Waals surface area contributed by atoms with E-state index in [1.165, 1.54) is 13.8 Å². The molecule has 1 aromatic carbocycles. The minimum absolute atomic E-state index is 0.0360. The predicted molar refractivity (Wildman–Crippen MR) is 76.3 cm³/mol. The molecule has 0 bridgehead atoms. The van der Waals surface area contributed by atoms with Gasteiger partial charge < -0.3 is 5.32 Å². The third-order valence-electron chi connectivity index (χ3n) is 3.52. The Hall–Kier alpha value is -1.01. The van der Waals surface area contributed by atoms with Crippen LogP contribution < -0.4 is 5.32 Å². The van der Waals surface area contributed by atoms with Crippen LogP contribution in [0.25, 0.3) is 0 Å². The van der Waals surface area contributed by atoms with Crippen LogP contribution in [0.4, 0.5) is 8.78 Å². The van der Waals surface area contributed by atoms with Crippen LogP contribution in [0.2, 0.25) is 0 Å². The molecule has 1 unspecified atom stereocenters. The van der Waals surface area contributed by atoms with Gasteiger partial charge in [-0.3, -0.25) is 0 Å². The standard InChI is InChI=1S/C14H21F2NO2S/c1-5-8-17-13(14(2,3)20(4,18)19)11-9-10(15)6-7-12(11)16/h6-7,9,13,17H,5,8H2,1-4H3. The van der Waals surface area contributed by atoms with Crippen LogP contribution in [0.3, 0.4) is 0 Å². The van der Waals surface area contributed by atoms with Gasteiger partial charge in [0.25, 0.3) is 0 Å². The average Bonchev–Trinajstić information content (AvgIpc) is 2.32. The lowest BCUT2D eigenvalue weighted by Gasteiger charge is -2.34. The first-order valence-electron chi connectivity index (χ1n) is 6.49. The second kappa shape index (κ2) is 6.18. The zero-order chi connectivity index (χ0) is 15.6. The molecular formula is C14H21F2NO2S. The van der Waals surface area contributed by atoms with Crippen LogP contribution in [-0.4, -0.2) is 26.0 Å². The van der Waals surface area contributed by atoms with Crippen LogP contribution in [-0.2, 0) is 9.84 Å². The molecule has 0 radical (unpaired) electrons. The number of hydrogen-bond donors (Lipinski definition) is 1. The third kappa shape index (κ3) is 3.55. The highest BCUT2D eigenvalue weighted by atomic mass is 32.2. The second-order valence-electron chi connectivity index (χ2n) is 5.43. The van der Waals surface area contributed by atoms with Gasteiger partial charge >= 0.3 is 0 Å². The van der Waals surface area contributed by atoms with Gasteiger partial charge in [-0.15, -0.1) is 0 Å². The molecule has 20 heavy (non-hydrogen) atoms. The molecule has 1 rings (SSSR count). The van der Waals surface area contributed by atoms with Crippen molar-refractivity contribution in [3.63, 3.8) is 0 Å². The molecule has 1 atom stereocenters. The first-order chi connectivity index (χ1) is 9.11. The van der Waals surface area contributed by atoms with Gasteiger partial charge in [-0.25, -0.2) is 17.2 Å². The molecule has 0 fully saturated rings. The fourth-order valence-electron chi connectivity index (χ4n) is 1.97. The lowest BCUT2D eigenvalue weighted by molar-refractivity contribution is 0.404. The fraction of sp³-hybridized carbons (Fsp3) is 0.571. The molecule has 1 aromatic rings. The summed E-state index contributed by atoms with van der Waals surface area (Å²) in [6, 6.07) is 2.27. The minimum atomic E-state index is -3.46. The van der Waals surface area contributed by atoms with Gasteiger partial charge in [-0.2, -0.15) is 0 Å². The van der Waals surface area contributed by atoms with Gasteiger partial charge in [0.2, 0.25) is 0 Å². The molecule has 0 aliphatic carbocycles. The van der Waals surface area contributed by atoms with Crippen molar-refractivity contribution in [1.82, 2.24) is 5.32 Å². The van der Waals surface area contributed by atoms with Gasteiger partial charge in [0, 0.05) is 11.8 Å². The maximum atomic E-state index is 14.0. The molecule has 6 heteroatoms. The Kier molecular flexibility index (Phi) is 5.27. The fourth-order valence-corrected chi connectivity index (χ4v) is 2.61. The van der Waals surface area contributed by atoms with Crippen molar-refractivity contribution in [3.8, 4) is 0 Å². The van der Waals surface area contributed by atoms with E-state index in [0.29, 0.717) is 6.54 Å². The largest absolute Gasteiger partial charge is 0.309 e. The minimum Gasteiger partial charge on any atom is -0.309 e. The summed E-state index contributed by atoms with van der Waals surface area (Å²) in [5.74, 6) is -1.20. The number of hydrogen-bond acceptors (Lipinski definition) is 3. The van der Waals surface area contributed by atoms with Crippen LogP contribution >= 0.6 is 0 Å². The highest BCUT2D eigenvalue weighted by molar-refractivity contribution is 7.92. The quantitative estimate of drug-likeness (QED) is 0.879. The van der Waals surface area contributed by atoms with Crippen LogP contribution in [0.1, 0.15) is 38.8 Å². The second-order valence-corrected chi connectivity index (χ2v) is 8.03. The Morgan fingerprint density at radius 1 is 1.30 bits per heavy atom. The Bertz CT molecular complexity index is 571. The van der Waals surface area contributed by atoms with Crippen molar-refractivity contribution < 1.29 is 17.2 Å². The predicted octanol–water partition coefficient (Wildman–Crippen LogP) is 2.83. The molecule has 0 aliphatic heterocycles. The number of benzene rings is 1. The Balaban J connectivity index is 3.36. The summed E-state index contributed by atoms with van der Waals surface area (Å²) in [6.45, 7) is 5.46. The van der Waals surface area contributed by atoms with Gasteiger partial charge in [-0.1, -0.05) is 6.92 Å². The average molecular weight is 305 g/mol. The summed E-state index contributed by atoms with van der Waals surface area (Å²) in [7, 11) is -3.46. The van der Waals surface area contributed by atoms with E-state index in [9.17, 15) is 17.2 Å². The van der Waals surface area contributed by atoms with E-state index in [2.05, 4.69) is 5.32 Å². The number of sulfone groups is 1. The van der Waals surface area contributed by atoms with E-state index in [1.807, 2.05) is 6.92 Å². The SMILES string of the molecule is CCCNC(c1cc(F)ccc1F)C(C)(C)S(C)(=O)=O. The van der Waals surface area contributed by atoms with E-state index in [-0.39, 0.29) is 5.56 Å². The summed E-state index contributed by atoms with van der Waals surface area (Å²) >= 11 is 0. The monoisotopic (exact) mass is 305 g/mol. The normalized spacial score (nSPS) is 14.3. The van der Waals surface area contributed by atoms with E-state index in [4.69, 9.17) is 0 Å². The van der Waals surface area contributed by atoms with E-state index in [1.54, 1.807) is 0 Å². The number of nitrogens with one attached hydrogen (secondary N) is 1. The Morgan fingerprint density at radius 3 is 2.40 bits per heavy atom. The zero-order valence-corrected chi connectivity index (χ0v) is 13.0. The van der Waals surface area contributed by atoms with E-state index in [0.717, 1.165) is 30.9 Å². The van der Waals surface area contributed by atoms with Crippen LogP contribution in [0, 0.1) is 11.6 Å². The maximum Gasteiger partial charge on any atom is 0.154 e. The molecule has 3 nitrogen and oxygen atoms in total. The molecule has 1 N–H and O–H groups in total. The molecule has 0 aromatic heterocycles. The molecule has 0 heterocycles. The lowest BCUT2D eigenvalue weighted by atomic mass is 9.94. The molecule has 114 valence electrons. The molecule has 0 saturated carbocycles. The molecule has 0 saturated heterocycles. The summed E-state index contributed by atoms with van der Waals surface area (Å²) in [5, 5.41) is 3.01. The van der Waals surface area contributed by atoms with Crippen molar-refractivity contribution in [2.75, 3.05) is 12.8 Å². The molecule has 0 aliphatic rings. The van der Waals surface area contributed by atoms with Crippen molar-refractivity contribution in [1.29, 1.82) is 0 Å². The van der Waals surface area contributed by atoms with Gasteiger partial charge in [0.1, 0.15) is 11.6 Å². The first kappa shape index (κ1) is 17.0. The number of halogens is 2. The van der Waals surface area contributed by atoms with Crippen molar-refractivity contribution in [2.45, 2.75) is 38.0 Å². The summed E-state index contributed by atoms with van der Waals surface area (Å²) < 4.78 is 50.0. The van der Waals surface area contributed by atoms with E-state index >= 15 is 0 Å². The van der Waals surface area contributed by atoms with Crippen LogP contribution in [0.5, 0.6) is 0 Å². The number of rotatable bonds is 6. The highest BCUT2D eigenvalue weighted by Crippen LogP contribution is 2.33. The summed E-state index contributed by atoms with van der Waals surface area (Å²) in [4.78, 5) is 0. The molecule has 0 spiro atoms. The summed E-state index contributed by atoms with van der Waals surface area (Å²) in [5.41, 5.74) is 0.0360. The molecule has 0 amide bonds. The lowest BCUT2D eigenvalue weighted by Crippen LogP contribution is -2.45. The van der Waals surface area contributed by atoms with E-state index < -0.39 is 32.3 Å². The third-order valence-corrected chi connectivity index (χ3v) is 5.67. The van der Waals surface area contributed by atoms with Crippen molar-refractivity contribution in [2.24, 2.45) is 0 Å². The smallest absolute Gasteiger partial charge is 0.154 e. The van der Waals surface area contributed by atoms with Crippen LogP contribution in [0.15, 0.2) is 18.2 Å². The van der Waals surface area contributed by atoms with Gasteiger partial charge in [0.05, 0.1) is 10.8 Å². The van der Waals surface area contributed by atoms with Gasteiger partial charge in [0.15, 0.2) is 9.84 Å². The highest BCUT2D eigenvalue weighted by Gasteiger charge is 2.40. The van der Waals surface area contributed by atoms with Crippen molar-refractivity contribution in [3.05, 3.63) is 35.4 Å². The summed E-state index contributed by atoms with van der Waals surface area (Å²) in [6.07, 6.45) is 1.86. The van der Waals surface area contributed by atoms with Gasteiger partial charge in [-0.05, 0) is 45.0 Å². The van der Waals surface area contributed by atoms with Crippen molar-refractivity contribution >= 4 is 9.84 Å². The maximum absolute atomic E-state index is 14.0. The topological polar surface area (TPSA) is 46.2 Å². The Morgan fingerprint density at radius 2 is 1.90 bits per heavy atom. The zero-order valence-electron chi connectivity index (χ0n) is 12.2. The molecular weight excluding hydrogens is 284 g/mol. The first-order valence-corrected chi connectivity index (χ1v) is 8.38. The Labute approximate surface area is 119 Å².